The first-order valence-electron chi connectivity index (χ1n) is 22.3. The van der Waals surface area contributed by atoms with Crippen molar-refractivity contribution in [3.63, 3.8) is 0 Å². The van der Waals surface area contributed by atoms with Crippen molar-refractivity contribution < 1.29 is 57.7 Å². The van der Waals surface area contributed by atoms with Crippen LogP contribution in [-0.2, 0) is 49.5 Å². The number of Topliss-reactive ketones (excluding diaryl/α,β-unsaturated/α-hetero) is 1. The van der Waals surface area contributed by atoms with Crippen LogP contribution in [-0.4, -0.2) is 85.5 Å². The summed E-state index contributed by atoms with van der Waals surface area (Å²) in [6, 6.07) is 9.12. The first kappa shape index (κ1) is 49.6. The minimum atomic E-state index is -1.52. The number of ether oxygens (including phenoxy) is 4. The first-order chi connectivity index (χ1) is 31.2. The SMILES string of the molecule is C=CC[C@H]1C(=O)C(C)(C)[C@@H](O)CC(=O)O[C@H](c2ccc3sc(C)nc3c2)C[C@@H]2O[C@]2(C)CCC[C@H](C)[C@@H]1OC(=O)OCc1ccc(NC(=O)CCC(CC)N2C(=O)C=CC2=O)c([N+](=O)[O-])c1. The van der Waals surface area contributed by atoms with Crippen molar-refractivity contribution in [3.05, 3.63) is 87.5 Å². The number of benzene rings is 2. The van der Waals surface area contributed by atoms with Crippen LogP contribution in [0.4, 0.5) is 16.2 Å². The lowest BCUT2D eigenvalue weighted by atomic mass is 9.71. The normalized spacial score (nSPS) is 26.3. The third-order valence-corrected chi connectivity index (χ3v) is 14.0. The van der Waals surface area contributed by atoms with Gasteiger partial charge >= 0.3 is 12.1 Å². The van der Waals surface area contributed by atoms with E-state index in [1.54, 1.807) is 18.3 Å². The second-order valence-electron chi connectivity index (χ2n) is 18.2. The summed E-state index contributed by atoms with van der Waals surface area (Å²) in [6.45, 7) is 14.0. The van der Waals surface area contributed by atoms with E-state index in [2.05, 4.69) is 16.9 Å². The van der Waals surface area contributed by atoms with E-state index in [0.29, 0.717) is 32.1 Å². The predicted molar refractivity (Wildman–Crippen MR) is 243 cm³/mol. The standard InChI is InChI=1S/C48H58N4O13S/c1-8-11-32-44(64-46(59)62-26-29-13-16-33(35(22-29)52(60)61)50-40(54)18-15-31(9-2)51-41(55)19-20-42(51)56)27(3)12-10-21-48(7)39(65-48)24-36(30-14-17-37-34(23-30)49-28(4)66-37)63-43(57)25-38(53)47(5,6)45(32)58/h8,13-14,16-17,19-20,22-23,27,31-32,36,38-39,44,53H,1,9-12,15,18,21,24-26H2,2-7H3,(H,50,54)/t27-,31?,32+,36-,38-,39-,44-,48+/m0/s1. The fourth-order valence-electron chi connectivity index (χ4n) is 8.89. The minimum Gasteiger partial charge on any atom is -0.457 e. The van der Waals surface area contributed by atoms with Gasteiger partial charge in [0.1, 0.15) is 30.3 Å². The van der Waals surface area contributed by atoms with Crippen LogP contribution < -0.4 is 5.32 Å². The van der Waals surface area contributed by atoms with Gasteiger partial charge in [0, 0.05) is 37.1 Å². The molecular weight excluding hydrogens is 873 g/mol. The number of allylic oxidation sites excluding steroid dienone is 1. The Kier molecular flexibility index (Phi) is 15.6. The number of aryl methyl sites for hydroxylation is 1. The number of fused-ring (bicyclic) bond motifs is 2. The topological polar surface area (TPSA) is 234 Å². The summed E-state index contributed by atoms with van der Waals surface area (Å²) in [7, 11) is 0. The minimum absolute atomic E-state index is 0.0649. The van der Waals surface area contributed by atoms with Crippen molar-refractivity contribution >= 4 is 68.6 Å². The van der Waals surface area contributed by atoms with Gasteiger partial charge in [0.2, 0.25) is 5.91 Å². The number of hydrogen-bond donors (Lipinski definition) is 2. The molecule has 354 valence electrons. The van der Waals surface area contributed by atoms with Gasteiger partial charge in [0.25, 0.3) is 17.5 Å². The molecule has 3 aliphatic rings. The quantitative estimate of drug-likeness (QED) is 0.0411. The molecule has 3 amide bonds. The number of nitro benzene ring substituents is 1. The summed E-state index contributed by atoms with van der Waals surface area (Å²) in [4.78, 5) is 95.9. The monoisotopic (exact) mass is 930 g/mol. The number of aliphatic hydroxyl groups excluding tert-OH is 1. The number of carbonyl (C=O) groups is 6. The molecule has 2 N–H and O–H groups in total. The van der Waals surface area contributed by atoms with Crippen LogP contribution in [0, 0.1) is 34.3 Å². The number of epoxide rings is 1. The Morgan fingerprint density at radius 2 is 1.86 bits per heavy atom. The van der Waals surface area contributed by atoms with Gasteiger partial charge in [-0.15, -0.1) is 17.9 Å². The maximum atomic E-state index is 14.5. The number of aromatic nitrogens is 1. The number of nitrogens with zero attached hydrogens (tertiary/aromatic N) is 3. The number of esters is 1. The lowest BCUT2D eigenvalue weighted by Crippen LogP contribution is -2.47. The Morgan fingerprint density at radius 1 is 1.14 bits per heavy atom. The second kappa shape index (κ2) is 20.8. The highest BCUT2D eigenvalue weighted by Gasteiger charge is 2.53. The summed E-state index contributed by atoms with van der Waals surface area (Å²) < 4.78 is 24.7. The Labute approximate surface area is 387 Å². The Morgan fingerprint density at radius 3 is 2.55 bits per heavy atom. The van der Waals surface area contributed by atoms with E-state index < -0.39 is 106 Å². The molecular formula is C48H58N4O13S. The number of anilines is 1. The third-order valence-electron chi connectivity index (χ3n) is 13.0. The van der Waals surface area contributed by atoms with Gasteiger partial charge in [-0.3, -0.25) is 39.0 Å². The average molecular weight is 931 g/mol. The number of aliphatic hydroxyl groups is 1. The fraction of sp³-hybridized carbons (Fsp3) is 0.521. The van der Waals surface area contributed by atoms with Gasteiger partial charge < -0.3 is 29.4 Å². The van der Waals surface area contributed by atoms with E-state index in [0.717, 1.165) is 31.8 Å². The van der Waals surface area contributed by atoms with Crippen LogP contribution >= 0.6 is 11.3 Å². The van der Waals surface area contributed by atoms with Crippen molar-refractivity contribution in [1.82, 2.24) is 9.88 Å². The molecule has 3 aromatic rings. The highest BCUT2D eigenvalue weighted by atomic mass is 32.1. The van der Waals surface area contributed by atoms with Crippen LogP contribution in [0.1, 0.15) is 115 Å². The van der Waals surface area contributed by atoms with Crippen LogP contribution in [0.3, 0.4) is 0 Å². The molecule has 66 heavy (non-hydrogen) atoms. The highest BCUT2D eigenvalue weighted by Crippen LogP contribution is 2.47. The van der Waals surface area contributed by atoms with Crippen LogP contribution in [0.15, 0.2) is 61.2 Å². The molecule has 0 aliphatic carbocycles. The maximum absolute atomic E-state index is 14.5. The lowest BCUT2D eigenvalue weighted by Gasteiger charge is -2.37. The molecule has 3 aliphatic heterocycles. The molecule has 2 saturated heterocycles. The number of ketones is 1. The molecule has 0 saturated carbocycles. The smallest absolute Gasteiger partial charge is 0.457 e. The Hall–Kier alpha value is -5.85. The molecule has 0 spiro atoms. The fourth-order valence-corrected chi connectivity index (χ4v) is 9.70. The van der Waals surface area contributed by atoms with Gasteiger partial charge in [0.05, 0.1) is 55.7 Å². The molecule has 18 heteroatoms. The molecule has 2 fully saturated rings. The largest absolute Gasteiger partial charge is 0.508 e. The number of rotatable bonds is 13. The van der Waals surface area contributed by atoms with Crippen molar-refractivity contribution in [2.24, 2.45) is 17.3 Å². The second-order valence-corrected chi connectivity index (χ2v) is 19.4. The number of amides is 3. The first-order valence-corrected chi connectivity index (χ1v) is 23.1. The summed E-state index contributed by atoms with van der Waals surface area (Å²) in [5.41, 5.74) is -0.872. The molecule has 0 bridgehead atoms. The summed E-state index contributed by atoms with van der Waals surface area (Å²) >= 11 is 1.56. The molecule has 2 aromatic carbocycles. The molecule has 0 radical (unpaired) electrons. The number of hydrogen-bond acceptors (Lipinski definition) is 15. The van der Waals surface area contributed by atoms with Gasteiger partial charge in [-0.25, -0.2) is 9.78 Å². The van der Waals surface area contributed by atoms with Crippen molar-refractivity contribution in [2.45, 2.75) is 142 Å². The van der Waals surface area contributed by atoms with Crippen LogP contribution in [0.25, 0.3) is 10.2 Å². The summed E-state index contributed by atoms with van der Waals surface area (Å²) in [6.07, 6.45) is 1.39. The lowest BCUT2D eigenvalue weighted by molar-refractivity contribution is -0.384. The third kappa shape index (κ3) is 11.6. The van der Waals surface area contributed by atoms with E-state index in [1.165, 1.54) is 44.2 Å². The number of carbonyl (C=O) groups excluding carboxylic acids is 6. The van der Waals surface area contributed by atoms with Crippen molar-refractivity contribution in [2.75, 3.05) is 5.32 Å². The number of nitrogens with one attached hydrogen (secondary N) is 1. The zero-order chi connectivity index (χ0) is 48.1. The van der Waals surface area contributed by atoms with Crippen LogP contribution in [0.2, 0.25) is 0 Å². The van der Waals surface area contributed by atoms with Crippen molar-refractivity contribution in [1.29, 1.82) is 0 Å². The zero-order valence-electron chi connectivity index (χ0n) is 38.1. The summed E-state index contributed by atoms with van der Waals surface area (Å²) in [5.74, 6) is -4.09. The average Bonchev–Trinajstić information content (AvgIpc) is 3.53. The van der Waals surface area contributed by atoms with E-state index in [-0.39, 0.29) is 36.6 Å². The molecule has 4 heterocycles. The van der Waals surface area contributed by atoms with Gasteiger partial charge in [0.15, 0.2) is 0 Å². The molecule has 17 nitrogen and oxygen atoms in total. The molecule has 1 unspecified atom stereocenters. The van der Waals surface area contributed by atoms with Gasteiger partial charge in [-0.2, -0.15) is 0 Å². The van der Waals surface area contributed by atoms with Crippen LogP contribution in [0.5, 0.6) is 0 Å². The van der Waals surface area contributed by atoms with E-state index in [9.17, 15) is 44.0 Å². The molecule has 1 aromatic heterocycles. The van der Waals surface area contributed by atoms with Gasteiger partial charge in [-0.1, -0.05) is 52.3 Å². The maximum Gasteiger partial charge on any atom is 0.508 e. The zero-order valence-corrected chi connectivity index (χ0v) is 38.9. The van der Waals surface area contributed by atoms with E-state index in [1.807, 2.05) is 39.0 Å². The number of thiazole rings is 1. The molecule has 8 atom stereocenters. The van der Waals surface area contributed by atoms with Gasteiger partial charge in [-0.05, 0) is 81.2 Å². The Balaban J connectivity index is 1.14. The number of nitro groups is 1. The molecule has 6 rings (SSSR count). The van der Waals surface area contributed by atoms with Crippen molar-refractivity contribution in [3.8, 4) is 0 Å². The number of imide groups is 1. The van der Waals surface area contributed by atoms with E-state index in [4.69, 9.17) is 18.9 Å². The number of cyclic esters (lactones) is 1. The predicted octanol–water partition coefficient (Wildman–Crippen LogP) is 8.15. The van der Waals surface area contributed by atoms with E-state index >= 15 is 0 Å². The Bertz CT molecular complexity index is 2390. The highest BCUT2D eigenvalue weighted by molar-refractivity contribution is 7.18. The summed E-state index contributed by atoms with van der Waals surface area (Å²) in [5, 5.41) is 27.1.